The Bertz CT molecular complexity index is 568. The third kappa shape index (κ3) is 2.36. The summed E-state index contributed by atoms with van der Waals surface area (Å²) in [6.45, 7) is 1.99. The fraction of sp³-hybridized carbons (Fsp3) is 0.364. The van der Waals surface area contributed by atoms with Crippen LogP contribution in [0.5, 0.6) is 0 Å². The summed E-state index contributed by atoms with van der Waals surface area (Å²) in [5, 5.41) is 0.529. The van der Waals surface area contributed by atoms with Crippen LogP contribution in [0.4, 0.5) is 0 Å². The van der Waals surface area contributed by atoms with Crippen molar-refractivity contribution >= 4 is 27.4 Å². The van der Waals surface area contributed by atoms with Crippen LogP contribution in [0.2, 0.25) is 5.02 Å². The second-order valence-electron chi connectivity index (χ2n) is 4.04. The number of hydrogen-bond donors (Lipinski definition) is 0. The Morgan fingerprint density at radius 3 is 2.59 bits per heavy atom. The maximum absolute atomic E-state index is 12.2. The lowest BCUT2D eigenvalue weighted by Gasteiger charge is -2.15. The van der Waals surface area contributed by atoms with Gasteiger partial charge in [-0.25, -0.2) is 8.42 Å². The monoisotopic (exact) mass is 273 g/mol. The minimum Gasteiger partial charge on any atom is -0.298 e. The summed E-state index contributed by atoms with van der Waals surface area (Å²) in [5.41, 5.74) is 0.707. The van der Waals surface area contributed by atoms with E-state index in [1.54, 1.807) is 13.0 Å². The number of sulfonamides is 1. The van der Waals surface area contributed by atoms with Crippen LogP contribution < -0.4 is 0 Å². The predicted molar refractivity (Wildman–Crippen MR) is 64.6 cm³/mol. The lowest BCUT2D eigenvalue weighted by Crippen LogP contribution is -2.28. The van der Waals surface area contributed by atoms with Crippen molar-refractivity contribution in [3.63, 3.8) is 0 Å². The van der Waals surface area contributed by atoms with E-state index in [4.69, 9.17) is 11.6 Å². The number of hydrogen-bond acceptors (Lipinski definition) is 3. The number of benzene rings is 1. The minimum absolute atomic E-state index is 0.0238. The van der Waals surface area contributed by atoms with Gasteiger partial charge >= 0.3 is 0 Å². The summed E-state index contributed by atoms with van der Waals surface area (Å²) in [6.07, 6.45) is 0.297. The van der Waals surface area contributed by atoms with E-state index in [0.717, 1.165) is 0 Å². The van der Waals surface area contributed by atoms with Gasteiger partial charge in [0.25, 0.3) is 0 Å². The molecular formula is C11H12ClNO3S. The Balaban J connectivity index is 2.38. The van der Waals surface area contributed by atoms with E-state index in [0.29, 0.717) is 17.0 Å². The minimum atomic E-state index is -3.56. The Hall–Kier alpha value is -0.910. The number of carbonyl (C=O) groups excluding carboxylic acids is 1. The lowest BCUT2D eigenvalue weighted by molar-refractivity contribution is -0.116. The highest BCUT2D eigenvalue weighted by atomic mass is 35.5. The van der Waals surface area contributed by atoms with Gasteiger partial charge < -0.3 is 0 Å². The van der Waals surface area contributed by atoms with Crippen molar-refractivity contribution < 1.29 is 13.2 Å². The molecule has 0 bridgehead atoms. The Morgan fingerprint density at radius 1 is 1.35 bits per heavy atom. The van der Waals surface area contributed by atoms with E-state index in [1.165, 1.54) is 16.4 Å². The second-order valence-corrected chi connectivity index (χ2v) is 6.38. The molecule has 1 fully saturated rings. The van der Waals surface area contributed by atoms with Crippen LogP contribution in [0.15, 0.2) is 23.1 Å². The predicted octanol–water partition coefficient (Wildman–Crippen LogP) is 1.61. The summed E-state index contributed by atoms with van der Waals surface area (Å²) < 4.78 is 25.6. The van der Waals surface area contributed by atoms with Gasteiger partial charge in [-0.2, -0.15) is 4.31 Å². The first-order valence-corrected chi connectivity index (χ1v) is 7.01. The van der Waals surface area contributed by atoms with E-state index >= 15 is 0 Å². The number of halogens is 1. The molecule has 1 aromatic rings. The molecule has 0 unspecified atom stereocenters. The zero-order valence-electron chi connectivity index (χ0n) is 9.31. The first-order valence-electron chi connectivity index (χ1n) is 5.19. The molecule has 4 nitrogen and oxygen atoms in total. The third-order valence-corrected chi connectivity index (χ3v) is 5.03. The number of carbonyl (C=O) groups is 1. The summed E-state index contributed by atoms with van der Waals surface area (Å²) in [5.74, 6) is -0.0424. The first kappa shape index (κ1) is 12.5. The lowest BCUT2D eigenvalue weighted by atomic mass is 10.2. The molecular weight excluding hydrogens is 262 g/mol. The molecule has 0 atom stereocenters. The fourth-order valence-corrected chi connectivity index (χ4v) is 3.36. The average molecular weight is 274 g/mol. The van der Waals surface area contributed by atoms with Gasteiger partial charge in [-0.3, -0.25) is 4.79 Å². The highest BCUT2D eigenvalue weighted by Gasteiger charge is 2.31. The molecule has 0 spiro atoms. The quantitative estimate of drug-likeness (QED) is 0.823. The molecule has 1 aromatic carbocycles. The van der Waals surface area contributed by atoms with Crippen LogP contribution in [-0.2, 0) is 14.8 Å². The molecule has 17 heavy (non-hydrogen) atoms. The maximum Gasteiger partial charge on any atom is 0.243 e. The third-order valence-electron chi connectivity index (χ3n) is 2.76. The largest absolute Gasteiger partial charge is 0.298 e. The van der Waals surface area contributed by atoms with Gasteiger partial charge in [-0.05, 0) is 30.7 Å². The van der Waals surface area contributed by atoms with Crippen LogP contribution in [0.1, 0.15) is 12.0 Å². The Labute approximate surface area is 105 Å². The molecule has 0 saturated carbocycles. The van der Waals surface area contributed by atoms with Crippen molar-refractivity contribution in [3.05, 3.63) is 28.8 Å². The summed E-state index contributed by atoms with van der Waals surface area (Å²) in [7, 11) is -3.56. The van der Waals surface area contributed by atoms with Crippen LogP contribution in [0.3, 0.4) is 0 Å². The van der Waals surface area contributed by atoms with E-state index in [9.17, 15) is 13.2 Å². The molecule has 0 aromatic heterocycles. The number of ketones is 1. The van der Waals surface area contributed by atoms with Gasteiger partial charge in [0.05, 0.1) is 11.4 Å². The SMILES string of the molecule is Cc1cc(S(=O)(=O)N2CCC(=O)C2)ccc1Cl. The molecule has 1 saturated heterocycles. The zero-order chi connectivity index (χ0) is 12.6. The van der Waals surface area contributed by atoms with Gasteiger partial charge in [-0.1, -0.05) is 11.6 Å². The number of aryl methyl sites for hydroxylation is 1. The molecule has 0 amide bonds. The number of nitrogens with zero attached hydrogens (tertiary/aromatic N) is 1. The molecule has 1 aliphatic heterocycles. The molecule has 92 valence electrons. The van der Waals surface area contributed by atoms with Crippen molar-refractivity contribution in [2.45, 2.75) is 18.2 Å². The topological polar surface area (TPSA) is 54.5 Å². The van der Waals surface area contributed by atoms with Gasteiger partial charge in [0, 0.05) is 18.0 Å². The van der Waals surface area contributed by atoms with E-state index in [2.05, 4.69) is 0 Å². The Kier molecular flexibility index (Phi) is 3.25. The van der Waals surface area contributed by atoms with Gasteiger partial charge in [0.2, 0.25) is 10.0 Å². The maximum atomic E-state index is 12.2. The Morgan fingerprint density at radius 2 is 2.06 bits per heavy atom. The highest BCUT2D eigenvalue weighted by Crippen LogP contribution is 2.23. The van der Waals surface area contributed by atoms with Crippen molar-refractivity contribution in [1.82, 2.24) is 4.31 Å². The highest BCUT2D eigenvalue weighted by molar-refractivity contribution is 7.89. The van der Waals surface area contributed by atoms with Crippen LogP contribution in [-0.4, -0.2) is 31.6 Å². The second kappa shape index (κ2) is 4.40. The van der Waals surface area contributed by atoms with Crippen LogP contribution in [0, 0.1) is 6.92 Å². The molecule has 6 heteroatoms. The smallest absolute Gasteiger partial charge is 0.243 e. The summed E-state index contributed by atoms with van der Waals surface area (Å²) >= 11 is 5.85. The van der Waals surface area contributed by atoms with Gasteiger partial charge in [0.15, 0.2) is 0 Å². The van der Waals surface area contributed by atoms with Crippen LogP contribution >= 0.6 is 11.6 Å². The normalized spacial score (nSPS) is 17.6. The molecule has 1 aliphatic rings. The first-order chi connectivity index (χ1) is 7.91. The molecule has 2 rings (SSSR count). The summed E-state index contributed by atoms with van der Waals surface area (Å²) in [6, 6.07) is 4.55. The summed E-state index contributed by atoms with van der Waals surface area (Å²) in [4.78, 5) is 11.3. The number of Topliss-reactive ketones (excluding diaryl/α,β-unsaturated/α-hetero) is 1. The van der Waals surface area contributed by atoms with E-state index < -0.39 is 10.0 Å². The zero-order valence-corrected chi connectivity index (χ0v) is 10.9. The van der Waals surface area contributed by atoms with Crippen LogP contribution in [0.25, 0.3) is 0 Å². The molecule has 1 heterocycles. The number of rotatable bonds is 2. The van der Waals surface area contributed by atoms with Crippen molar-refractivity contribution in [1.29, 1.82) is 0 Å². The standard InChI is InChI=1S/C11H12ClNO3S/c1-8-6-10(2-3-11(8)12)17(15,16)13-5-4-9(14)7-13/h2-3,6H,4-5,7H2,1H3. The van der Waals surface area contributed by atoms with Crippen molar-refractivity contribution in [2.75, 3.05) is 13.1 Å². The van der Waals surface area contributed by atoms with E-state index in [-0.39, 0.29) is 23.8 Å². The fourth-order valence-electron chi connectivity index (χ4n) is 1.74. The average Bonchev–Trinajstić information content (AvgIpc) is 2.69. The van der Waals surface area contributed by atoms with E-state index in [1.807, 2.05) is 0 Å². The van der Waals surface area contributed by atoms with Gasteiger partial charge in [-0.15, -0.1) is 0 Å². The van der Waals surface area contributed by atoms with Crippen molar-refractivity contribution in [3.8, 4) is 0 Å². The molecule has 0 N–H and O–H groups in total. The van der Waals surface area contributed by atoms with Gasteiger partial charge in [0.1, 0.15) is 5.78 Å². The molecule has 0 aliphatic carbocycles. The van der Waals surface area contributed by atoms with Crippen molar-refractivity contribution in [2.24, 2.45) is 0 Å². The molecule has 0 radical (unpaired) electrons.